The van der Waals surface area contributed by atoms with Crippen molar-refractivity contribution < 1.29 is 19.1 Å². The van der Waals surface area contributed by atoms with Crippen molar-refractivity contribution in [3.8, 4) is 5.75 Å². The molecular weight excluding hydrogens is 354 g/mol. The zero-order valence-electron chi connectivity index (χ0n) is 17.1. The molecule has 0 spiro atoms. The van der Waals surface area contributed by atoms with E-state index in [1.807, 2.05) is 12.1 Å². The third-order valence-electron chi connectivity index (χ3n) is 4.34. The molecule has 0 aliphatic carbocycles. The molecule has 2 rings (SSSR count). The minimum absolute atomic E-state index is 0.115. The first kappa shape index (κ1) is 21.5. The van der Waals surface area contributed by atoms with Gasteiger partial charge in [-0.25, -0.2) is 4.79 Å². The number of carbonyl (C=O) groups is 2. The van der Waals surface area contributed by atoms with Crippen LogP contribution in [0.5, 0.6) is 5.75 Å². The highest BCUT2D eigenvalue weighted by atomic mass is 16.5. The van der Waals surface area contributed by atoms with Crippen LogP contribution in [-0.2, 0) is 9.53 Å². The van der Waals surface area contributed by atoms with E-state index < -0.39 is 5.97 Å². The number of ether oxygens (including phenoxy) is 2. The van der Waals surface area contributed by atoms with Crippen molar-refractivity contribution in [3.63, 3.8) is 0 Å². The predicted octanol–water partition coefficient (Wildman–Crippen LogP) is 5.09. The van der Waals surface area contributed by atoms with Crippen LogP contribution in [0.15, 0.2) is 42.5 Å². The largest absolute Gasteiger partial charge is 0.494 e. The standard InChI is InChI=1S/C23H29NO4/c1-5-27-23(26)18-8-6-9-19(15-18)24-22(25)10-7-13-28-20-11-12-21(16(2)3)17(4)14-20/h6,8-9,11-12,14-16H,5,7,10,13H2,1-4H3,(H,24,25). The highest BCUT2D eigenvalue weighted by Gasteiger charge is 2.09. The molecule has 0 unspecified atom stereocenters. The molecule has 0 saturated heterocycles. The minimum Gasteiger partial charge on any atom is -0.494 e. The van der Waals surface area contributed by atoms with Crippen LogP contribution in [0.2, 0.25) is 0 Å². The Morgan fingerprint density at radius 2 is 1.89 bits per heavy atom. The average Bonchev–Trinajstić information content (AvgIpc) is 2.65. The summed E-state index contributed by atoms with van der Waals surface area (Å²) in [6.45, 7) is 8.96. The van der Waals surface area contributed by atoms with E-state index in [1.165, 1.54) is 11.1 Å². The number of anilines is 1. The van der Waals surface area contributed by atoms with Gasteiger partial charge < -0.3 is 14.8 Å². The van der Waals surface area contributed by atoms with E-state index >= 15 is 0 Å². The number of rotatable bonds is 9. The fourth-order valence-electron chi connectivity index (χ4n) is 2.97. The van der Waals surface area contributed by atoms with Crippen molar-refractivity contribution in [2.24, 2.45) is 0 Å². The Balaban J connectivity index is 1.78. The highest BCUT2D eigenvalue weighted by Crippen LogP contribution is 2.23. The summed E-state index contributed by atoms with van der Waals surface area (Å²) in [6.07, 6.45) is 0.946. The van der Waals surface area contributed by atoms with Crippen LogP contribution in [0.1, 0.15) is 61.0 Å². The monoisotopic (exact) mass is 383 g/mol. The molecule has 5 heteroatoms. The topological polar surface area (TPSA) is 64.6 Å². The molecule has 150 valence electrons. The maximum atomic E-state index is 12.1. The van der Waals surface area contributed by atoms with Crippen LogP contribution in [0.3, 0.4) is 0 Å². The number of hydrogen-bond donors (Lipinski definition) is 1. The van der Waals surface area contributed by atoms with Crippen molar-refractivity contribution >= 4 is 17.6 Å². The Kier molecular flexibility index (Phi) is 8.05. The summed E-state index contributed by atoms with van der Waals surface area (Å²) in [6, 6.07) is 12.8. The van der Waals surface area contributed by atoms with Gasteiger partial charge in [-0.1, -0.05) is 26.0 Å². The van der Waals surface area contributed by atoms with Gasteiger partial charge >= 0.3 is 5.97 Å². The van der Waals surface area contributed by atoms with Crippen LogP contribution in [0.25, 0.3) is 0 Å². The van der Waals surface area contributed by atoms with Gasteiger partial charge in [0, 0.05) is 12.1 Å². The molecular formula is C23H29NO4. The van der Waals surface area contributed by atoms with Crippen LogP contribution < -0.4 is 10.1 Å². The van der Waals surface area contributed by atoms with Crippen molar-refractivity contribution in [1.82, 2.24) is 0 Å². The maximum absolute atomic E-state index is 12.1. The third kappa shape index (κ3) is 6.41. The van der Waals surface area contributed by atoms with Crippen LogP contribution >= 0.6 is 0 Å². The predicted molar refractivity (Wildman–Crippen MR) is 111 cm³/mol. The SMILES string of the molecule is CCOC(=O)c1cccc(NC(=O)CCCOc2ccc(C(C)C)c(C)c2)c1. The van der Waals surface area contributed by atoms with E-state index in [2.05, 4.69) is 32.2 Å². The third-order valence-corrected chi connectivity index (χ3v) is 4.34. The number of esters is 1. The number of hydrogen-bond acceptors (Lipinski definition) is 4. The Hall–Kier alpha value is -2.82. The zero-order valence-corrected chi connectivity index (χ0v) is 17.1. The average molecular weight is 383 g/mol. The Bertz CT molecular complexity index is 814. The minimum atomic E-state index is -0.397. The van der Waals surface area contributed by atoms with E-state index in [4.69, 9.17) is 9.47 Å². The summed E-state index contributed by atoms with van der Waals surface area (Å²) < 4.78 is 10.7. The second-order valence-electron chi connectivity index (χ2n) is 6.97. The molecule has 2 aromatic rings. The number of nitrogens with one attached hydrogen (secondary N) is 1. The quantitative estimate of drug-likeness (QED) is 0.484. The molecule has 0 aliphatic rings. The van der Waals surface area contributed by atoms with Crippen molar-refractivity contribution in [2.75, 3.05) is 18.5 Å². The maximum Gasteiger partial charge on any atom is 0.338 e. The molecule has 0 bridgehead atoms. The summed E-state index contributed by atoms with van der Waals surface area (Å²) in [7, 11) is 0. The van der Waals surface area contributed by atoms with Gasteiger partial charge in [-0.3, -0.25) is 4.79 Å². The summed E-state index contributed by atoms with van der Waals surface area (Å²) >= 11 is 0. The number of amides is 1. The van der Waals surface area contributed by atoms with Gasteiger partial charge in [0.05, 0.1) is 18.8 Å². The fraction of sp³-hybridized carbons (Fsp3) is 0.391. The Morgan fingerprint density at radius 1 is 1.11 bits per heavy atom. The van der Waals surface area contributed by atoms with Gasteiger partial charge in [0.1, 0.15) is 5.75 Å². The summed E-state index contributed by atoms with van der Waals surface area (Å²) in [5, 5.41) is 2.80. The lowest BCUT2D eigenvalue weighted by molar-refractivity contribution is -0.116. The molecule has 0 aromatic heterocycles. The fourth-order valence-corrected chi connectivity index (χ4v) is 2.97. The Morgan fingerprint density at radius 3 is 2.57 bits per heavy atom. The lowest BCUT2D eigenvalue weighted by Gasteiger charge is -2.12. The van der Waals surface area contributed by atoms with Crippen molar-refractivity contribution in [1.29, 1.82) is 0 Å². The highest BCUT2D eigenvalue weighted by molar-refractivity contribution is 5.94. The van der Waals surface area contributed by atoms with Gasteiger partial charge in [0.2, 0.25) is 5.91 Å². The molecule has 5 nitrogen and oxygen atoms in total. The molecule has 2 aromatic carbocycles. The first-order valence-corrected chi connectivity index (χ1v) is 9.71. The van der Waals surface area contributed by atoms with Crippen LogP contribution in [-0.4, -0.2) is 25.1 Å². The van der Waals surface area contributed by atoms with E-state index in [0.717, 1.165) is 5.75 Å². The molecule has 0 atom stereocenters. The smallest absolute Gasteiger partial charge is 0.338 e. The van der Waals surface area contributed by atoms with E-state index in [0.29, 0.717) is 43.2 Å². The summed E-state index contributed by atoms with van der Waals surface area (Å²) in [5.74, 6) is 0.797. The lowest BCUT2D eigenvalue weighted by Crippen LogP contribution is -2.13. The summed E-state index contributed by atoms with van der Waals surface area (Å²) in [4.78, 5) is 23.9. The lowest BCUT2D eigenvalue weighted by atomic mass is 9.98. The number of benzene rings is 2. The van der Waals surface area contributed by atoms with Gasteiger partial charge in [-0.2, -0.15) is 0 Å². The molecule has 1 N–H and O–H groups in total. The molecule has 1 amide bonds. The first-order chi connectivity index (χ1) is 13.4. The van der Waals surface area contributed by atoms with Crippen molar-refractivity contribution in [3.05, 3.63) is 59.2 Å². The molecule has 0 fully saturated rings. The van der Waals surface area contributed by atoms with Gasteiger partial charge in [-0.15, -0.1) is 0 Å². The Labute approximate surface area is 167 Å². The molecule has 0 radical (unpaired) electrons. The molecule has 28 heavy (non-hydrogen) atoms. The zero-order chi connectivity index (χ0) is 20.5. The van der Waals surface area contributed by atoms with Crippen LogP contribution in [0, 0.1) is 6.92 Å². The number of carbonyl (C=O) groups excluding carboxylic acids is 2. The van der Waals surface area contributed by atoms with Gasteiger partial charge in [-0.05, 0) is 67.6 Å². The first-order valence-electron chi connectivity index (χ1n) is 9.71. The van der Waals surface area contributed by atoms with Crippen LogP contribution in [0.4, 0.5) is 5.69 Å². The number of aryl methyl sites for hydroxylation is 1. The van der Waals surface area contributed by atoms with Gasteiger partial charge in [0.15, 0.2) is 0 Å². The van der Waals surface area contributed by atoms with E-state index in [9.17, 15) is 9.59 Å². The van der Waals surface area contributed by atoms with Crippen molar-refractivity contribution in [2.45, 2.75) is 46.5 Å². The summed E-state index contributed by atoms with van der Waals surface area (Å²) in [5.41, 5.74) is 3.53. The molecule has 0 aliphatic heterocycles. The second-order valence-corrected chi connectivity index (χ2v) is 6.97. The van der Waals surface area contributed by atoms with Gasteiger partial charge in [0.25, 0.3) is 0 Å². The molecule has 0 heterocycles. The normalized spacial score (nSPS) is 10.6. The molecule has 0 saturated carbocycles. The van der Waals surface area contributed by atoms with E-state index in [-0.39, 0.29) is 5.91 Å². The second kappa shape index (κ2) is 10.5. The van der Waals surface area contributed by atoms with E-state index in [1.54, 1.807) is 31.2 Å².